The number of esters is 1. The summed E-state index contributed by atoms with van der Waals surface area (Å²) in [7, 11) is 1.55. The third-order valence-electron chi connectivity index (χ3n) is 4.47. The molecule has 2 aromatic rings. The Morgan fingerprint density at radius 3 is 2.62 bits per heavy atom. The van der Waals surface area contributed by atoms with Gasteiger partial charge in [-0.15, -0.1) is 0 Å². The molecule has 0 spiro atoms. The van der Waals surface area contributed by atoms with Crippen molar-refractivity contribution in [2.75, 3.05) is 19.7 Å². The molecule has 0 aromatic carbocycles. The highest BCUT2D eigenvalue weighted by molar-refractivity contribution is 5.75. The van der Waals surface area contributed by atoms with Crippen LogP contribution in [0, 0.1) is 0 Å². The maximum absolute atomic E-state index is 12.4. The number of carbonyl (C=O) groups excluding carboxylic acids is 1. The van der Waals surface area contributed by atoms with Gasteiger partial charge >= 0.3 is 11.7 Å². The smallest absolute Gasteiger partial charge is 0.329 e. The van der Waals surface area contributed by atoms with Crippen LogP contribution in [0.3, 0.4) is 0 Å². The minimum atomic E-state index is -0.544. The first-order valence-corrected chi connectivity index (χ1v) is 9.10. The minimum Gasteiger partial charge on any atom is -0.465 e. The van der Waals surface area contributed by atoms with Crippen molar-refractivity contribution in [1.82, 2.24) is 19.1 Å². The highest BCUT2D eigenvalue weighted by Crippen LogP contribution is 2.10. The number of imidazole rings is 1. The molecular weight excluding hydrogens is 338 g/mol. The average molecular weight is 366 g/mol. The Morgan fingerprint density at radius 1 is 1.27 bits per heavy atom. The Labute approximate surface area is 151 Å². The van der Waals surface area contributed by atoms with Crippen LogP contribution in [0.5, 0.6) is 0 Å². The molecule has 0 saturated heterocycles. The highest BCUT2D eigenvalue weighted by Gasteiger charge is 2.22. The second kappa shape index (κ2) is 8.79. The Kier molecular flexibility index (Phi) is 6.73. The number of ether oxygens (including phenoxy) is 1. The first-order valence-electron chi connectivity index (χ1n) is 9.10. The van der Waals surface area contributed by atoms with Crippen LogP contribution in [-0.2, 0) is 29.7 Å². The van der Waals surface area contributed by atoms with Crippen molar-refractivity contribution in [3.63, 3.8) is 0 Å². The van der Waals surface area contributed by atoms with Gasteiger partial charge in [0.2, 0.25) is 0 Å². The zero-order valence-corrected chi connectivity index (χ0v) is 15.9. The summed E-state index contributed by atoms with van der Waals surface area (Å²) in [6.45, 7) is 8.56. The molecule has 0 saturated carbocycles. The number of quaternary nitrogens is 1. The Hall–Kier alpha value is -2.42. The van der Waals surface area contributed by atoms with Gasteiger partial charge in [0, 0.05) is 7.05 Å². The summed E-state index contributed by atoms with van der Waals surface area (Å²) in [5.41, 5.74) is -0.566. The van der Waals surface area contributed by atoms with E-state index in [2.05, 4.69) is 23.8 Å². The predicted octanol–water partition coefficient (Wildman–Crippen LogP) is -0.809. The number of nitrogens with zero attached hydrogens (tertiary/aromatic N) is 3. The average Bonchev–Trinajstić information content (AvgIpc) is 2.95. The fraction of sp³-hybridized carbons (Fsp3) is 0.647. The molecule has 2 aromatic heterocycles. The number of hydrogen-bond donors (Lipinski definition) is 2. The van der Waals surface area contributed by atoms with Gasteiger partial charge in [0.1, 0.15) is 13.1 Å². The van der Waals surface area contributed by atoms with Crippen molar-refractivity contribution in [1.29, 1.82) is 0 Å². The lowest BCUT2D eigenvalue weighted by Gasteiger charge is -2.17. The first-order chi connectivity index (χ1) is 12.4. The van der Waals surface area contributed by atoms with Gasteiger partial charge in [0.05, 0.1) is 19.7 Å². The number of hydrogen-bond acceptors (Lipinski definition) is 5. The van der Waals surface area contributed by atoms with Crippen molar-refractivity contribution in [3.05, 3.63) is 26.7 Å². The van der Waals surface area contributed by atoms with E-state index in [9.17, 15) is 14.4 Å². The quantitative estimate of drug-likeness (QED) is 0.565. The van der Waals surface area contributed by atoms with E-state index >= 15 is 0 Å². The molecule has 26 heavy (non-hydrogen) atoms. The number of unbranched alkanes of at least 4 members (excludes halogenated alkanes) is 1. The summed E-state index contributed by atoms with van der Waals surface area (Å²) in [5.74, 6) is 0.167. The van der Waals surface area contributed by atoms with E-state index < -0.39 is 17.2 Å². The lowest BCUT2D eigenvalue weighted by atomic mass is 10.3. The van der Waals surface area contributed by atoms with Crippen molar-refractivity contribution in [3.8, 4) is 0 Å². The van der Waals surface area contributed by atoms with Gasteiger partial charge in [-0.05, 0) is 20.3 Å². The van der Waals surface area contributed by atoms with Crippen LogP contribution in [0.15, 0.2) is 9.59 Å². The van der Waals surface area contributed by atoms with Crippen LogP contribution in [0.2, 0.25) is 0 Å². The van der Waals surface area contributed by atoms with Gasteiger partial charge in [-0.2, -0.15) is 0 Å². The highest BCUT2D eigenvalue weighted by atomic mass is 16.5. The van der Waals surface area contributed by atoms with E-state index in [-0.39, 0.29) is 24.3 Å². The van der Waals surface area contributed by atoms with Gasteiger partial charge in [0.25, 0.3) is 5.56 Å². The third kappa shape index (κ3) is 4.21. The first kappa shape index (κ1) is 19.9. The zero-order valence-electron chi connectivity index (χ0n) is 15.9. The lowest BCUT2D eigenvalue weighted by Crippen LogP contribution is -3.10. The summed E-state index contributed by atoms with van der Waals surface area (Å²) in [5, 5.41) is 0. The maximum atomic E-state index is 12.4. The maximum Gasteiger partial charge on any atom is 0.329 e. The molecule has 0 amide bonds. The molecule has 1 atom stereocenters. The molecule has 0 aliphatic carbocycles. The predicted molar refractivity (Wildman–Crippen MR) is 97.2 cm³/mol. The van der Waals surface area contributed by atoms with Gasteiger partial charge < -0.3 is 14.2 Å². The fourth-order valence-corrected chi connectivity index (χ4v) is 2.96. The molecule has 0 aliphatic heterocycles. The van der Waals surface area contributed by atoms with Crippen LogP contribution in [0.4, 0.5) is 0 Å². The number of aryl methyl sites for hydroxylation is 1. The number of aromatic amines is 1. The van der Waals surface area contributed by atoms with Crippen molar-refractivity contribution in [2.24, 2.45) is 7.05 Å². The summed E-state index contributed by atoms with van der Waals surface area (Å²) >= 11 is 0. The van der Waals surface area contributed by atoms with E-state index in [0.717, 1.165) is 25.9 Å². The zero-order chi connectivity index (χ0) is 19.3. The topological polar surface area (TPSA) is 103 Å². The second-order valence-electron chi connectivity index (χ2n) is 6.29. The minimum absolute atomic E-state index is 0.105. The Morgan fingerprint density at radius 2 is 2.00 bits per heavy atom. The van der Waals surface area contributed by atoms with Gasteiger partial charge in [-0.3, -0.25) is 19.1 Å². The molecule has 0 fully saturated rings. The van der Waals surface area contributed by atoms with Crippen LogP contribution < -0.4 is 16.1 Å². The van der Waals surface area contributed by atoms with Crippen molar-refractivity contribution in [2.45, 2.75) is 46.7 Å². The normalized spacial score (nSPS) is 12.5. The SMILES string of the molecule is CCCC[NH+](CC)Cc1nc2c(c(=O)[nH]c(=O)n2C)n1CC(=O)OCC. The van der Waals surface area contributed by atoms with Crippen LogP contribution >= 0.6 is 0 Å². The van der Waals surface area contributed by atoms with E-state index in [1.54, 1.807) is 18.5 Å². The van der Waals surface area contributed by atoms with E-state index in [1.807, 2.05) is 0 Å². The molecule has 0 aliphatic rings. The molecule has 0 bridgehead atoms. The molecule has 1 unspecified atom stereocenters. The van der Waals surface area contributed by atoms with Crippen LogP contribution in [0.25, 0.3) is 11.2 Å². The van der Waals surface area contributed by atoms with Gasteiger partial charge in [-0.25, -0.2) is 9.78 Å². The van der Waals surface area contributed by atoms with Gasteiger partial charge in [0.15, 0.2) is 17.0 Å². The van der Waals surface area contributed by atoms with Crippen LogP contribution in [0.1, 0.15) is 39.4 Å². The molecule has 2 rings (SSSR count). The van der Waals surface area contributed by atoms with E-state index in [0.29, 0.717) is 12.4 Å². The number of aromatic nitrogens is 4. The number of carbonyl (C=O) groups is 1. The second-order valence-corrected chi connectivity index (χ2v) is 6.29. The summed E-state index contributed by atoms with van der Waals surface area (Å²) in [6, 6.07) is 0. The van der Waals surface area contributed by atoms with E-state index in [1.165, 1.54) is 9.47 Å². The van der Waals surface area contributed by atoms with Crippen molar-refractivity contribution < 1.29 is 14.4 Å². The monoisotopic (exact) mass is 366 g/mol. The molecule has 2 N–H and O–H groups in total. The number of fused-ring (bicyclic) bond motifs is 1. The number of rotatable bonds is 9. The molecule has 0 radical (unpaired) electrons. The Bertz CT molecular complexity index is 880. The summed E-state index contributed by atoms with van der Waals surface area (Å²) in [4.78, 5) is 44.4. The van der Waals surface area contributed by atoms with Gasteiger partial charge in [-0.1, -0.05) is 13.3 Å². The molecule has 2 heterocycles. The van der Waals surface area contributed by atoms with Crippen LogP contribution in [-0.4, -0.2) is 44.8 Å². The summed E-state index contributed by atoms with van der Waals surface area (Å²) in [6.07, 6.45) is 2.18. The fourth-order valence-electron chi connectivity index (χ4n) is 2.96. The Balaban J connectivity index is 2.54. The third-order valence-corrected chi connectivity index (χ3v) is 4.47. The van der Waals surface area contributed by atoms with Crippen molar-refractivity contribution >= 4 is 17.1 Å². The molecule has 144 valence electrons. The lowest BCUT2D eigenvalue weighted by molar-refractivity contribution is -0.913. The largest absolute Gasteiger partial charge is 0.465 e. The standard InChI is InChI=1S/C17H27N5O4/c1-5-8-9-21(6-2)10-12-18-15-14(16(24)19-17(25)20(15)4)22(12)11-13(23)26-7-3/h5-11H2,1-4H3,(H,19,24,25)/p+1. The number of nitrogens with one attached hydrogen (secondary N) is 2. The molecule has 9 nitrogen and oxygen atoms in total. The van der Waals surface area contributed by atoms with E-state index in [4.69, 9.17) is 4.74 Å². The number of H-pyrrole nitrogens is 1. The molecular formula is C17H28N5O4+. The summed E-state index contributed by atoms with van der Waals surface area (Å²) < 4.78 is 7.90. The molecule has 9 heteroatoms.